The van der Waals surface area contributed by atoms with E-state index in [2.05, 4.69) is 31.2 Å². The van der Waals surface area contributed by atoms with Crippen molar-refractivity contribution in [2.75, 3.05) is 5.32 Å². The molecule has 100 valence electrons. The van der Waals surface area contributed by atoms with Crippen molar-refractivity contribution < 1.29 is 13.2 Å². The summed E-state index contributed by atoms with van der Waals surface area (Å²) in [6.45, 7) is 0. The highest BCUT2D eigenvalue weighted by Crippen LogP contribution is 2.28. The molecule has 0 unspecified atom stereocenters. The Kier molecular flexibility index (Phi) is 3.61. The van der Waals surface area contributed by atoms with E-state index >= 15 is 0 Å². The SMILES string of the molecule is O=c1cc(C(F)(F)F)nc(Nc2ccccc2Br)[nH]1. The second-order valence-electron chi connectivity index (χ2n) is 3.58. The van der Waals surface area contributed by atoms with Gasteiger partial charge in [0.15, 0.2) is 5.69 Å². The van der Waals surface area contributed by atoms with Crippen molar-refractivity contribution >= 4 is 27.6 Å². The maximum Gasteiger partial charge on any atom is 0.433 e. The van der Waals surface area contributed by atoms with Crippen LogP contribution in [0.2, 0.25) is 0 Å². The molecule has 2 N–H and O–H groups in total. The van der Waals surface area contributed by atoms with Crippen LogP contribution in [0.25, 0.3) is 0 Å². The first kappa shape index (κ1) is 13.6. The number of hydrogen-bond donors (Lipinski definition) is 2. The third-order valence-corrected chi connectivity index (χ3v) is 2.85. The summed E-state index contributed by atoms with van der Waals surface area (Å²) in [5.41, 5.74) is -1.63. The van der Waals surface area contributed by atoms with Crippen LogP contribution in [-0.4, -0.2) is 9.97 Å². The van der Waals surface area contributed by atoms with Gasteiger partial charge in [-0.25, -0.2) is 4.98 Å². The number of H-pyrrole nitrogens is 1. The number of nitrogens with one attached hydrogen (secondary N) is 2. The quantitative estimate of drug-likeness (QED) is 0.886. The first-order chi connectivity index (χ1) is 8.86. The molecule has 0 saturated carbocycles. The molecule has 2 aromatic rings. The largest absolute Gasteiger partial charge is 0.433 e. The van der Waals surface area contributed by atoms with Gasteiger partial charge in [0, 0.05) is 10.5 Å². The lowest BCUT2D eigenvalue weighted by molar-refractivity contribution is -0.141. The van der Waals surface area contributed by atoms with Gasteiger partial charge in [-0.2, -0.15) is 13.2 Å². The number of hydrogen-bond acceptors (Lipinski definition) is 3. The zero-order chi connectivity index (χ0) is 14.0. The Hall–Kier alpha value is -1.83. The monoisotopic (exact) mass is 333 g/mol. The van der Waals surface area contributed by atoms with E-state index in [0.29, 0.717) is 16.2 Å². The number of aromatic amines is 1. The van der Waals surface area contributed by atoms with E-state index in [9.17, 15) is 18.0 Å². The fraction of sp³-hybridized carbons (Fsp3) is 0.0909. The van der Waals surface area contributed by atoms with Gasteiger partial charge >= 0.3 is 6.18 Å². The molecule has 0 fully saturated rings. The van der Waals surface area contributed by atoms with Gasteiger partial charge < -0.3 is 5.32 Å². The van der Waals surface area contributed by atoms with E-state index in [1.54, 1.807) is 24.3 Å². The average Bonchev–Trinajstić information content (AvgIpc) is 2.30. The highest BCUT2D eigenvalue weighted by Gasteiger charge is 2.33. The first-order valence-electron chi connectivity index (χ1n) is 5.06. The molecule has 0 spiro atoms. The molecule has 1 aromatic carbocycles. The van der Waals surface area contributed by atoms with Crippen molar-refractivity contribution in [3.63, 3.8) is 0 Å². The van der Waals surface area contributed by atoms with E-state index in [0.717, 1.165) is 0 Å². The molecule has 8 heteroatoms. The summed E-state index contributed by atoms with van der Waals surface area (Å²) >= 11 is 3.23. The number of para-hydroxylation sites is 1. The lowest BCUT2D eigenvalue weighted by atomic mass is 10.3. The van der Waals surface area contributed by atoms with Gasteiger partial charge in [-0.15, -0.1) is 0 Å². The zero-order valence-electron chi connectivity index (χ0n) is 9.25. The molecule has 19 heavy (non-hydrogen) atoms. The van der Waals surface area contributed by atoms with Gasteiger partial charge in [0.2, 0.25) is 5.95 Å². The fourth-order valence-corrected chi connectivity index (χ4v) is 1.74. The second-order valence-corrected chi connectivity index (χ2v) is 4.44. The van der Waals surface area contributed by atoms with Crippen LogP contribution in [0.4, 0.5) is 24.8 Å². The second kappa shape index (κ2) is 5.04. The number of benzene rings is 1. The topological polar surface area (TPSA) is 57.8 Å². The Morgan fingerprint density at radius 2 is 1.95 bits per heavy atom. The summed E-state index contributed by atoms with van der Waals surface area (Å²) in [5.74, 6) is -0.272. The molecule has 0 aliphatic carbocycles. The average molecular weight is 334 g/mol. The molecule has 0 aliphatic rings. The Bertz CT molecular complexity index is 654. The van der Waals surface area contributed by atoms with Crippen LogP contribution < -0.4 is 10.9 Å². The molecule has 0 bridgehead atoms. The standard InChI is InChI=1S/C11H7BrF3N3O/c12-6-3-1-2-4-7(6)16-10-17-8(11(13,14)15)5-9(19)18-10/h1-5H,(H2,16,17,18,19). The summed E-state index contributed by atoms with van der Waals surface area (Å²) in [4.78, 5) is 16.7. The molecular formula is C11H7BrF3N3O. The molecule has 4 nitrogen and oxygen atoms in total. The maximum absolute atomic E-state index is 12.5. The minimum Gasteiger partial charge on any atom is -0.325 e. The zero-order valence-corrected chi connectivity index (χ0v) is 10.8. The summed E-state index contributed by atoms with van der Waals surface area (Å²) in [6, 6.07) is 7.18. The van der Waals surface area contributed by atoms with Gasteiger partial charge in [-0.1, -0.05) is 12.1 Å². The first-order valence-corrected chi connectivity index (χ1v) is 5.85. The number of anilines is 2. The Labute approximate surface area is 113 Å². The maximum atomic E-state index is 12.5. The van der Waals surface area contributed by atoms with Crippen LogP contribution in [0.1, 0.15) is 5.69 Å². The van der Waals surface area contributed by atoms with Crippen LogP contribution in [-0.2, 0) is 6.18 Å². The summed E-state index contributed by atoms with van der Waals surface area (Å²) in [5, 5.41) is 2.61. The molecule has 1 aromatic heterocycles. The summed E-state index contributed by atoms with van der Waals surface area (Å²) in [6.07, 6.45) is -4.67. The number of halogens is 4. The highest BCUT2D eigenvalue weighted by molar-refractivity contribution is 9.10. The van der Waals surface area contributed by atoms with Crippen LogP contribution >= 0.6 is 15.9 Å². The Morgan fingerprint density at radius 1 is 1.26 bits per heavy atom. The van der Waals surface area contributed by atoms with Gasteiger partial charge in [-0.3, -0.25) is 9.78 Å². The minimum absolute atomic E-state index is 0.272. The van der Waals surface area contributed by atoms with Crippen molar-refractivity contribution in [1.29, 1.82) is 0 Å². The van der Waals surface area contributed by atoms with Gasteiger partial charge in [0.05, 0.1) is 5.69 Å². The van der Waals surface area contributed by atoms with E-state index in [-0.39, 0.29) is 5.95 Å². The number of alkyl halides is 3. The fourth-order valence-electron chi connectivity index (χ4n) is 1.35. The van der Waals surface area contributed by atoms with Crippen LogP contribution in [0.3, 0.4) is 0 Å². The van der Waals surface area contributed by atoms with Crippen molar-refractivity contribution in [3.8, 4) is 0 Å². The summed E-state index contributed by atoms with van der Waals surface area (Å²) in [7, 11) is 0. The number of aromatic nitrogens is 2. The lowest BCUT2D eigenvalue weighted by Crippen LogP contribution is -2.17. The van der Waals surface area contributed by atoms with Crippen molar-refractivity contribution in [2.45, 2.75) is 6.18 Å². The minimum atomic E-state index is -4.67. The number of rotatable bonds is 2. The van der Waals surface area contributed by atoms with E-state index in [1.165, 1.54) is 0 Å². The molecule has 0 radical (unpaired) electrons. The van der Waals surface area contributed by atoms with Gasteiger partial charge in [0.25, 0.3) is 5.56 Å². The lowest BCUT2D eigenvalue weighted by Gasteiger charge is -2.10. The van der Waals surface area contributed by atoms with Crippen molar-refractivity contribution in [3.05, 3.63) is 50.9 Å². The molecule has 1 heterocycles. The number of nitrogens with zero attached hydrogens (tertiary/aromatic N) is 1. The predicted octanol–water partition coefficient (Wildman–Crippen LogP) is 3.29. The van der Waals surface area contributed by atoms with Crippen LogP contribution in [0.15, 0.2) is 39.6 Å². The summed E-state index contributed by atoms with van der Waals surface area (Å²) < 4.78 is 38.2. The predicted molar refractivity (Wildman–Crippen MR) is 67.3 cm³/mol. The van der Waals surface area contributed by atoms with E-state index in [1.807, 2.05) is 0 Å². The highest BCUT2D eigenvalue weighted by atomic mass is 79.9. The molecule has 0 aliphatic heterocycles. The smallest absolute Gasteiger partial charge is 0.325 e. The van der Waals surface area contributed by atoms with E-state index < -0.39 is 17.4 Å². The molecule has 0 atom stereocenters. The van der Waals surface area contributed by atoms with Gasteiger partial charge in [0.1, 0.15) is 0 Å². The normalized spacial score (nSPS) is 11.4. The third kappa shape index (κ3) is 3.34. The van der Waals surface area contributed by atoms with Crippen molar-refractivity contribution in [2.24, 2.45) is 0 Å². The Morgan fingerprint density at radius 3 is 2.58 bits per heavy atom. The third-order valence-electron chi connectivity index (χ3n) is 2.16. The van der Waals surface area contributed by atoms with Crippen molar-refractivity contribution in [1.82, 2.24) is 9.97 Å². The molecule has 0 saturated heterocycles. The van der Waals surface area contributed by atoms with Crippen LogP contribution in [0, 0.1) is 0 Å². The molecular weight excluding hydrogens is 327 g/mol. The van der Waals surface area contributed by atoms with Crippen LogP contribution in [0.5, 0.6) is 0 Å². The van der Waals surface area contributed by atoms with Gasteiger partial charge in [-0.05, 0) is 28.1 Å². The molecule has 0 amide bonds. The Balaban J connectivity index is 2.39. The molecule has 2 rings (SSSR count). The van der Waals surface area contributed by atoms with E-state index in [4.69, 9.17) is 0 Å².